The van der Waals surface area contributed by atoms with Crippen molar-refractivity contribution in [2.75, 3.05) is 19.0 Å². The Kier molecular flexibility index (Phi) is 5.13. The smallest absolute Gasteiger partial charge is 0.238 e. The van der Waals surface area contributed by atoms with Gasteiger partial charge in [-0.3, -0.25) is 4.79 Å². The number of amides is 1. The zero-order chi connectivity index (χ0) is 17.6. The summed E-state index contributed by atoms with van der Waals surface area (Å²) >= 11 is 0. The van der Waals surface area contributed by atoms with E-state index in [0.29, 0.717) is 30.4 Å². The number of benzene rings is 1. The van der Waals surface area contributed by atoms with E-state index >= 15 is 0 Å². The van der Waals surface area contributed by atoms with Gasteiger partial charge in [0, 0.05) is 39.2 Å². The van der Waals surface area contributed by atoms with Gasteiger partial charge >= 0.3 is 0 Å². The van der Waals surface area contributed by atoms with E-state index in [9.17, 15) is 4.79 Å². The minimum atomic E-state index is -0.0620. The van der Waals surface area contributed by atoms with E-state index in [1.165, 1.54) is 0 Å². The van der Waals surface area contributed by atoms with Crippen molar-refractivity contribution in [1.29, 1.82) is 0 Å². The topological polar surface area (TPSA) is 84.4 Å². The van der Waals surface area contributed by atoms with Gasteiger partial charge in [-0.2, -0.15) is 4.98 Å². The number of carbonyl (C=O) groups excluding carboxylic acids is 1. The highest BCUT2D eigenvalue weighted by Gasteiger charge is 2.12. The van der Waals surface area contributed by atoms with Gasteiger partial charge in [-0.15, -0.1) is 0 Å². The fraction of sp³-hybridized carbons (Fsp3) is 0.278. The fourth-order valence-corrected chi connectivity index (χ4v) is 2.32. The van der Waals surface area contributed by atoms with E-state index in [1.807, 2.05) is 43.3 Å². The van der Waals surface area contributed by atoms with Crippen molar-refractivity contribution in [3.05, 3.63) is 54.1 Å². The van der Waals surface area contributed by atoms with Crippen LogP contribution in [0.5, 0.6) is 0 Å². The Morgan fingerprint density at radius 2 is 2.12 bits per heavy atom. The van der Waals surface area contributed by atoms with Crippen molar-refractivity contribution in [3.8, 4) is 11.6 Å². The number of rotatable bonds is 7. The zero-order valence-corrected chi connectivity index (χ0v) is 14.2. The summed E-state index contributed by atoms with van der Waals surface area (Å²) in [6.45, 7) is 0.488. The Bertz CT molecular complexity index is 824. The molecule has 0 spiro atoms. The molecular weight excluding hydrogens is 320 g/mol. The second-order valence-corrected chi connectivity index (χ2v) is 5.83. The molecule has 2 aromatic heterocycles. The van der Waals surface area contributed by atoms with Crippen LogP contribution in [0.15, 0.2) is 51.6 Å². The van der Waals surface area contributed by atoms with Crippen molar-refractivity contribution in [2.24, 2.45) is 0 Å². The van der Waals surface area contributed by atoms with Crippen LogP contribution >= 0.6 is 0 Å². The molecule has 1 N–H and O–H groups in total. The van der Waals surface area contributed by atoms with Crippen LogP contribution < -0.4 is 10.2 Å². The van der Waals surface area contributed by atoms with Crippen LogP contribution in [-0.4, -0.2) is 30.1 Å². The Labute approximate surface area is 145 Å². The van der Waals surface area contributed by atoms with Gasteiger partial charge in [-0.05, 0) is 29.8 Å². The van der Waals surface area contributed by atoms with Crippen LogP contribution in [0.2, 0.25) is 0 Å². The highest BCUT2D eigenvalue weighted by atomic mass is 16.5. The van der Waals surface area contributed by atoms with Gasteiger partial charge in [-0.25, -0.2) is 0 Å². The number of anilines is 1. The maximum Gasteiger partial charge on any atom is 0.238 e. The molecule has 130 valence electrons. The Morgan fingerprint density at radius 3 is 2.88 bits per heavy atom. The standard InChI is InChI=1S/C18H20N4O3/c1-22(2)14-6-3-5-13(11-14)12-19-16(23)8-9-17-20-18(21-25-17)15-7-4-10-24-15/h3-7,10-11H,8-9,12H2,1-2H3,(H,19,23). The average Bonchev–Trinajstić information content (AvgIpc) is 3.29. The second-order valence-electron chi connectivity index (χ2n) is 5.83. The average molecular weight is 340 g/mol. The van der Waals surface area contributed by atoms with E-state index in [4.69, 9.17) is 8.94 Å². The second kappa shape index (κ2) is 7.65. The van der Waals surface area contributed by atoms with Crippen LogP contribution in [-0.2, 0) is 17.8 Å². The number of nitrogens with one attached hydrogen (secondary N) is 1. The highest BCUT2D eigenvalue weighted by Crippen LogP contribution is 2.16. The SMILES string of the molecule is CN(C)c1cccc(CNC(=O)CCc2nc(-c3ccco3)no2)c1. The lowest BCUT2D eigenvalue weighted by molar-refractivity contribution is -0.121. The highest BCUT2D eigenvalue weighted by molar-refractivity contribution is 5.76. The fourth-order valence-electron chi connectivity index (χ4n) is 2.32. The molecule has 1 amide bonds. The third kappa shape index (κ3) is 4.47. The quantitative estimate of drug-likeness (QED) is 0.712. The van der Waals surface area contributed by atoms with Gasteiger partial charge in [-0.1, -0.05) is 17.3 Å². The van der Waals surface area contributed by atoms with Gasteiger partial charge in [0.15, 0.2) is 5.76 Å². The molecule has 3 aromatic rings. The predicted octanol–water partition coefficient (Wildman–Crippen LogP) is 2.64. The van der Waals surface area contributed by atoms with Crippen LogP contribution in [0.25, 0.3) is 11.6 Å². The first kappa shape index (κ1) is 16.8. The van der Waals surface area contributed by atoms with Crippen molar-refractivity contribution in [1.82, 2.24) is 15.5 Å². The summed E-state index contributed by atoms with van der Waals surface area (Å²) in [7, 11) is 3.97. The van der Waals surface area contributed by atoms with Crippen molar-refractivity contribution < 1.29 is 13.7 Å². The summed E-state index contributed by atoms with van der Waals surface area (Å²) in [5, 5.41) is 6.74. The molecule has 0 aliphatic rings. The molecule has 2 heterocycles. The van der Waals surface area contributed by atoms with Gasteiger partial charge in [0.05, 0.1) is 6.26 Å². The molecular formula is C18H20N4O3. The van der Waals surface area contributed by atoms with E-state index in [0.717, 1.165) is 11.3 Å². The number of furan rings is 1. The van der Waals surface area contributed by atoms with Gasteiger partial charge < -0.3 is 19.2 Å². The van der Waals surface area contributed by atoms with Crippen LogP contribution in [0.4, 0.5) is 5.69 Å². The maximum absolute atomic E-state index is 12.0. The number of hydrogen-bond acceptors (Lipinski definition) is 6. The van der Waals surface area contributed by atoms with E-state index in [1.54, 1.807) is 18.4 Å². The molecule has 0 atom stereocenters. The molecule has 1 aromatic carbocycles. The van der Waals surface area contributed by atoms with Gasteiger partial charge in [0.25, 0.3) is 0 Å². The minimum absolute atomic E-state index is 0.0620. The molecule has 0 saturated heterocycles. The first-order valence-corrected chi connectivity index (χ1v) is 8.01. The van der Waals surface area contributed by atoms with Crippen LogP contribution in [0, 0.1) is 0 Å². The van der Waals surface area contributed by atoms with E-state index in [-0.39, 0.29) is 12.3 Å². The molecule has 0 radical (unpaired) electrons. The Hall–Kier alpha value is -3.09. The van der Waals surface area contributed by atoms with Crippen molar-refractivity contribution in [2.45, 2.75) is 19.4 Å². The van der Waals surface area contributed by atoms with E-state index in [2.05, 4.69) is 15.5 Å². The molecule has 0 fully saturated rings. The number of carbonyl (C=O) groups is 1. The maximum atomic E-state index is 12.0. The number of aryl methyl sites for hydroxylation is 1. The molecule has 7 nitrogen and oxygen atoms in total. The Morgan fingerprint density at radius 1 is 1.24 bits per heavy atom. The summed E-state index contributed by atoms with van der Waals surface area (Å²) in [6, 6.07) is 11.5. The molecule has 0 bridgehead atoms. The first-order chi connectivity index (χ1) is 12.1. The molecule has 7 heteroatoms. The molecule has 0 aliphatic carbocycles. The number of aromatic nitrogens is 2. The van der Waals surface area contributed by atoms with Crippen molar-refractivity contribution >= 4 is 11.6 Å². The molecule has 25 heavy (non-hydrogen) atoms. The first-order valence-electron chi connectivity index (χ1n) is 8.01. The number of hydrogen-bond donors (Lipinski definition) is 1. The minimum Gasteiger partial charge on any atom is -0.461 e. The summed E-state index contributed by atoms with van der Waals surface area (Å²) in [4.78, 5) is 18.3. The lowest BCUT2D eigenvalue weighted by Crippen LogP contribution is -2.23. The monoisotopic (exact) mass is 340 g/mol. The van der Waals surface area contributed by atoms with Crippen molar-refractivity contribution in [3.63, 3.8) is 0 Å². The zero-order valence-electron chi connectivity index (χ0n) is 14.2. The predicted molar refractivity (Wildman–Crippen MR) is 92.9 cm³/mol. The normalized spacial score (nSPS) is 10.6. The molecule has 0 aliphatic heterocycles. The van der Waals surface area contributed by atoms with Gasteiger partial charge in [0.1, 0.15) is 0 Å². The molecule has 3 rings (SSSR count). The van der Waals surface area contributed by atoms with Gasteiger partial charge in [0.2, 0.25) is 17.6 Å². The van der Waals surface area contributed by atoms with Crippen LogP contribution in [0.1, 0.15) is 17.9 Å². The third-order valence-electron chi connectivity index (χ3n) is 3.69. The molecule has 0 unspecified atom stereocenters. The van der Waals surface area contributed by atoms with E-state index < -0.39 is 0 Å². The number of nitrogens with zero attached hydrogens (tertiary/aromatic N) is 3. The largest absolute Gasteiger partial charge is 0.461 e. The molecule has 0 saturated carbocycles. The lowest BCUT2D eigenvalue weighted by Gasteiger charge is -2.13. The summed E-state index contributed by atoms with van der Waals surface area (Å²) in [5.74, 6) is 1.28. The lowest BCUT2D eigenvalue weighted by atomic mass is 10.2. The summed E-state index contributed by atoms with van der Waals surface area (Å²) < 4.78 is 10.3. The Balaban J connectivity index is 1.48. The summed E-state index contributed by atoms with van der Waals surface area (Å²) in [5.41, 5.74) is 2.15. The van der Waals surface area contributed by atoms with Crippen LogP contribution in [0.3, 0.4) is 0 Å². The summed E-state index contributed by atoms with van der Waals surface area (Å²) in [6.07, 6.45) is 2.22. The third-order valence-corrected chi connectivity index (χ3v) is 3.69.